The molecule has 35 heavy (non-hydrogen) atoms. The zero-order valence-electron chi connectivity index (χ0n) is 20.7. The van der Waals surface area contributed by atoms with Gasteiger partial charge in [0.25, 0.3) is 5.91 Å². The van der Waals surface area contributed by atoms with E-state index in [1.54, 1.807) is 36.4 Å². The van der Waals surface area contributed by atoms with Crippen LogP contribution in [0.1, 0.15) is 107 Å². The van der Waals surface area contributed by atoms with E-state index in [0.29, 0.717) is 40.9 Å². The molecule has 0 fully saturated rings. The topological polar surface area (TPSA) is 109 Å². The fourth-order valence-corrected chi connectivity index (χ4v) is 3.63. The first-order valence-corrected chi connectivity index (χ1v) is 12.0. The second-order valence-corrected chi connectivity index (χ2v) is 8.72. The molecule has 0 aromatic heterocycles. The fraction of sp³-hybridized carbons (Fsp3) is 0.393. The van der Waals surface area contributed by atoms with E-state index in [1.807, 2.05) is 0 Å². The van der Waals surface area contributed by atoms with Gasteiger partial charge in [-0.25, -0.2) is 0 Å². The van der Waals surface area contributed by atoms with Crippen LogP contribution in [0.2, 0.25) is 0 Å². The molecule has 7 nitrogen and oxygen atoms in total. The number of Topliss-reactive ketones (excluding diaryl/α,β-unsaturated/α-hetero) is 3. The molecule has 0 saturated heterocycles. The van der Waals surface area contributed by atoms with Crippen LogP contribution in [0.3, 0.4) is 0 Å². The lowest BCUT2D eigenvalue weighted by molar-refractivity contribution is -0.116. The highest BCUT2D eigenvalue weighted by atomic mass is 16.2. The van der Waals surface area contributed by atoms with Crippen molar-refractivity contribution in [3.05, 3.63) is 64.7 Å². The molecule has 0 spiro atoms. The number of ketones is 3. The molecule has 186 valence electrons. The first-order valence-electron chi connectivity index (χ1n) is 12.0. The normalized spacial score (nSPS) is 10.5. The summed E-state index contributed by atoms with van der Waals surface area (Å²) in [5.41, 5.74) is 2.27. The summed E-state index contributed by atoms with van der Waals surface area (Å²) in [6.45, 7) is 4.90. The van der Waals surface area contributed by atoms with E-state index in [9.17, 15) is 24.0 Å². The first-order chi connectivity index (χ1) is 16.7. The van der Waals surface area contributed by atoms with Gasteiger partial charge in [-0.05, 0) is 63.9 Å². The lowest BCUT2D eigenvalue weighted by Crippen LogP contribution is -2.24. The molecule has 0 atom stereocenters. The second kappa shape index (κ2) is 13.9. The van der Waals surface area contributed by atoms with Crippen LogP contribution in [0.15, 0.2) is 42.5 Å². The van der Waals surface area contributed by atoms with Crippen molar-refractivity contribution < 1.29 is 24.0 Å². The van der Waals surface area contributed by atoms with Crippen molar-refractivity contribution in [1.29, 1.82) is 0 Å². The number of amides is 2. The number of nitrogens with one attached hydrogen (secondary N) is 2. The summed E-state index contributed by atoms with van der Waals surface area (Å²) in [5, 5.41) is 5.66. The number of benzene rings is 2. The van der Waals surface area contributed by atoms with E-state index in [4.69, 9.17) is 0 Å². The first kappa shape index (κ1) is 27.6. The van der Waals surface area contributed by atoms with E-state index in [2.05, 4.69) is 10.6 Å². The monoisotopic (exact) mass is 478 g/mol. The Labute approximate surface area is 206 Å². The van der Waals surface area contributed by atoms with Crippen molar-refractivity contribution in [2.24, 2.45) is 0 Å². The summed E-state index contributed by atoms with van der Waals surface area (Å²) in [7, 11) is 0. The van der Waals surface area contributed by atoms with Crippen LogP contribution in [0.5, 0.6) is 0 Å². The maximum absolute atomic E-state index is 12.2. The molecule has 2 N–H and O–H groups in total. The summed E-state index contributed by atoms with van der Waals surface area (Å²) in [6, 6.07) is 11.4. The molecule has 0 aliphatic carbocycles. The maximum Gasteiger partial charge on any atom is 0.251 e. The molecule has 2 amide bonds. The number of hydrogen-bond donors (Lipinski definition) is 2. The Morgan fingerprint density at radius 3 is 1.74 bits per heavy atom. The average Bonchev–Trinajstić information content (AvgIpc) is 2.82. The lowest BCUT2D eigenvalue weighted by atomic mass is 10.0. The lowest BCUT2D eigenvalue weighted by Gasteiger charge is -2.09. The Bertz CT molecular complexity index is 1060. The van der Waals surface area contributed by atoms with E-state index in [-0.39, 0.29) is 29.2 Å². The molecule has 0 aliphatic heterocycles. The predicted molar refractivity (Wildman–Crippen MR) is 136 cm³/mol. The summed E-state index contributed by atoms with van der Waals surface area (Å²) < 4.78 is 0. The van der Waals surface area contributed by atoms with E-state index >= 15 is 0 Å². The molecular weight excluding hydrogens is 444 g/mol. The SMILES string of the molecule is CC(=O)c1cc(NC(=O)CCCCCCCCNC(=O)c2cccc(C(C)=O)c2)cc(C(C)=O)c1. The number of carbonyl (C=O) groups excluding carboxylic acids is 5. The minimum Gasteiger partial charge on any atom is -0.352 e. The van der Waals surface area contributed by atoms with Gasteiger partial charge < -0.3 is 10.6 Å². The Morgan fingerprint density at radius 1 is 0.629 bits per heavy atom. The highest BCUT2D eigenvalue weighted by Crippen LogP contribution is 2.17. The van der Waals surface area contributed by atoms with Crippen molar-refractivity contribution >= 4 is 34.9 Å². The second-order valence-electron chi connectivity index (χ2n) is 8.72. The Balaban J connectivity index is 1.60. The summed E-state index contributed by atoms with van der Waals surface area (Å²) in [6.07, 6.45) is 5.89. The molecule has 0 saturated carbocycles. The minimum absolute atomic E-state index is 0.0681. The average molecular weight is 479 g/mol. The van der Waals surface area contributed by atoms with Gasteiger partial charge in [0.2, 0.25) is 5.91 Å². The van der Waals surface area contributed by atoms with Crippen LogP contribution >= 0.6 is 0 Å². The molecule has 2 aromatic carbocycles. The van der Waals surface area contributed by atoms with Crippen molar-refractivity contribution in [2.75, 3.05) is 11.9 Å². The van der Waals surface area contributed by atoms with E-state index in [1.165, 1.54) is 26.8 Å². The number of rotatable bonds is 14. The Morgan fingerprint density at radius 2 is 1.14 bits per heavy atom. The molecule has 0 bridgehead atoms. The largest absolute Gasteiger partial charge is 0.352 e. The summed E-state index contributed by atoms with van der Waals surface area (Å²) in [5.74, 6) is -0.711. The van der Waals surface area contributed by atoms with Gasteiger partial charge in [-0.15, -0.1) is 0 Å². The summed E-state index contributed by atoms with van der Waals surface area (Å²) in [4.78, 5) is 59.2. The van der Waals surface area contributed by atoms with Gasteiger partial charge in [0, 0.05) is 40.9 Å². The van der Waals surface area contributed by atoms with Crippen molar-refractivity contribution in [2.45, 2.75) is 65.7 Å². The van der Waals surface area contributed by atoms with E-state index in [0.717, 1.165) is 38.5 Å². The van der Waals surface area contributed by atoms with Gasteiger partial charge in [0.15, 0.2) is 17.3 Å². The van der Waals surface area contributed by atoms with Gasteiger partial charge >= 0.3 is 0 Å². The number of hydrogen-bond acceptors (Lipinski definition) is 5. The number of anilines is 1. The van der Waals surface area contributed by atoms with Gasteiger partial charge in [-0.1, -0.05) is 37.8 Å². The standard InChI is InChI=1S/C28H34N2O5/c1-19(31)22-11-10-12-23(15-22)28(35)29-14-9-7-5-4-6-8-13-27(34)30-26-17-24(20(2)32)16-25(18-26)21(3)33/h10-12,15-18H,4-9,13-14H2,1-3H3,(H,29,35)(H,30,34). The maximum atomic E-state index is 12.2. The molecule has 2 aromatic rings. The smallest absolute Gasteiger partial charge is 0.251 e. The molecule has 0 aliphatic rings. The zero-order valence-corrected chi connectivity index (χ0v) is 20.7. The van der Waals surface area contributed by atoms with Gasteiger partial charge in [0.05, 0.1) is 0 Å². The molecule has 0 radical (unpaired) electrons. The third kappa shape index (κ3) is 9.65. The quantitative estimate of drug-likeness (QED) is 0.279. The highest BCUT2D eigenvalue weighted by Gasteiger charge is 2.10. The predicted octanol–water partition coefficient (Wildman–Crippen LogP) is 5.39. The third-order valence-electron chi connectivity index (χ3n) is 5.68. The van der Waals surface area contributed by atoms with Crippen LogP contribution in [0.4, 0.5) is 5.69 Å². The van der Waals surface area contributed by atoms with Crippen LogP contribution < -0.4 is 10.6 Å². The Hall–Kier alpha value is -3.61. The van der Waals surface area contributed by atoms with Crippen LogP contribution in [-0.4, -0.2) is 35.7 Å². The number of unbranched alkanes of at least 4 members (excludes halogenated alkanes) is 5. The van der Waals surface area contributed by atoms with Crippen LogP contribution in [-0.2, 0) is 4.79 Å². The van der Waals surface area contributed by atoms with E-state index < -0.39 is 0 Å². The highest BCUT2D eigenvalue weighted by molar-refractivity contribution is 6.02. The van der Waals surface area contributed by atoms with Crippen molar-refractivity contribution in [3.8, 4) is 0 Å². The van der Waals surface area contributed by atoms with Gasteiger partial charge in [-0.3, -0.25) is 24.0 Å². The summed E-state index contributed by atoms with van der Waals surface area (Å²) >= 11 is 0. The molecule has 0 unspecified atom stereocenters. The Kier molecular flexibility index (Phi) is 11.0. The van der Waals surface area contributed by atoms with Gasteiger partial charge in [-0.2, -0.15) is 0 Å². The van der Waals surface area contributed by atoms with Crippen LogP contribution in [0.25, 0.3) is 0 Å². The van der Waals surface area contributed by atoms with Crippen molar-refractivity contribution in [3.63, 3.8) is 0 Å². The zero-order chi connectivity index (χ0) is 25.8. The molecular formula is C28H34N2O5. The molecule has 7 heteroatoms. The molecule has 2 rings (SSSR count). The van der Waals surface area contributed by atoms with Crippen molar-refractivity contribution in [1.82, 2.24) is 5.32 Å². The van der Waals surface area contributed by atoms with Gasteiger partial charge in [0.1, 0.15) is 0 Å². The molecule has 0 heterocycles. The minimum atomic E-state index is -0.177. The third-order valence-corrected chi connectivity index (χ3v) is 5.68. The van der Waals surface area contributed by atoms with Crippen LogP contribution in [0, 0.1) is 0 Å². The fourth-order valence-electron chi connectivity index (χ4n) is 3.63. The number of carbonyl (C=O) groups is 5.